The molecule has 2 aromatic carbocycles. The Labute approximate surface area is 207 Å². The molecule has 9 heteroatoms. The van der Waals surface area contributed by atoms with E-state index in [9.17, 15) is 9.59 Å². The van der Waals surface area contributed by atoms with Crippen LogP contribution in [0.1, 0.15) is 53.2 Å². The first kappa shape index (κ1) is 22.1. The summed E-state index contributed by atoms with van der Waals surface area (Å²) < 4.78 is 7.59. The number of ketones is 1. The van der Waals surface area contributed by atoms with E-state index < -0.39 is 6.03 Å². The number of urea groups is 1. The standard InChI is InChI=1S/C27H26N6O3/c28-25-23-21(14-33(20-6-1-2-7-20)26(23)30-15-29-25)24(34)17-4-3-5-18(13-17)31-27(35)32-19-8-9-22-16(12-19)10-11-36-22/h3-5,8-9,12-15,20H,1-2,6-7,10-11H2,(H2,28,29,30)(H2,31,32,35). The van der Waals surface area contributed by atoms with Crippen LogP contribution in [-0.4, -0.2) is 33.0 Å². The van der Waals surface area contributed by atoms with E-state index in [-0.39, 0.29) is 11.6 Å². The third-order valence-corrected chi connectivity index (χ3v) is 6.93. The number of benzene rings is 2. The molecule has 0 unspecified atom stereocenters. The van der Waals surface area contributed by atoms with Gasteiger partial charge in [0.25, 0.3) is 0 Å². The number of amides is 2. The van der Waals surface area contributed by atoms with Gasteiger partial charge >= 0.3 is 6.03 Å². The maximum Gasteiger partial charge on any atom is 0.323 e. The minimum Gasteiger partial charge on any atom is -0.493 e. The molecule has 0 spiro atoms. The number of hydrogen-bond donors (Lipinski definition) is 3. The number of nitrogens with two attached hydrogens (primary N) is 1. The maximum atomic E-state index is 13.6. The van der Waals surface area contributed by atoms with Crippen LogP contribution in [0.25, 0.3) is 11.0 Å². The van der Waals surface area contributed by atoms with Gasteiger partial charge < -0.3 is 25.7 Å². The van der Waals surface area contributed by atoms with Crippen LogP contribution in [-0.2, 0) is 6.42 Å². The van der Waals surface area contributed by atoms with Crippen LogP contribution in [0.4, 0.5) is 22.0 Å². The van der Waals surface area contributed by atoms with Gasteiger partial charge in [-0.2, -0.15) is 0 Å². The Balaban J connectivity index is 1.25. The molecule has 2 aliphatic rings. The molecular weight excluding hydrogens is 456 g/mol. The lowest BCUT2D eigenvalue weighted by atomic mass is 10.0. The second-order valence-corrected chi connectivity index (χ2v) is 9.26. The summed E-state index contributed by atoms with van der Waals surface area (Å²) in [6, 6.07) is 12.3. The van der Waals surface area contributed by atoms with Crippen molar-refractivity contribution < 1.29 is 14.3 Å². The molecule has 2 amide bonds. The van der Waals surface area contributed by atoms with Crippen molar-refractivity contribution in [1.82, 2.24) is 14.5 Å². The van der Waals surface area contributed by atoms with Crippen molar-refractivity contribution >= 4 is 40.0 Å². The number of carbonyl (C=O) groups excluding carboxylic acids is 2. The first-order chi connectivity index (χ1) is 17.6. The highest BCUT2D eigenvalue weighted by Gasteiger charge is 2.25. The molecule has 9 nitrogen and oxygen atoms in total. The van der Waals surface area contributed by atoms with Gasteiger partial charge in [0.15, 0.2) is 5.78 Å². The predicted octanol–water partition coefficient (Wildman–Crippen LogP) is 4.94. The largest absolute Gasteiger partial charge is 0.493 e. The van der Waals surface area contributed by atoms with Gasteiger partial charge in [-0.25, -0.2) is 14.8 Å². The zero-order valence-corrected chi connectivity index (χ0v) is 19.7. The molecule has 1 aliphatic heterocycles. The van der Waals surface area contributed by atoms with E-state index in [1.54, 1.807) is 30.3 Å². The van der Waals surface area contributed by atoms with E-state index >= 15 is 0 Å². The number of rotatable bonds is 5. The fraction of sp³-hybridized carbons (Fsp3) is 0.259. The van der Waals surface area contributed by atoms with E-state index in [2.05, 4.69) is 25.2 Å². The number of fused-ring (bicyclic) bond motifs is 2. The number of nitrogen functional groups attached to an aromatic ring is 1. The predicted molar refractivity (Wildman–Crippen MR) is 138 cm³/mol. The van der Waals surface area contributed by atoms with Crippen molar-refractivity contribution in [1.29, 1.82) is 0 Å². The molecule has 1 aliphatic carbocycles. The zero-order valence-electron chi connectivity index (χ0n) is 19.7. The van der Waals surface area contributed by atoms with E-state index in [1.807, 2.05) is 18.3 Å². The van der Waals surface area contributed by atoms with Gasteiger partial charge in [-0.1, -0.05) is 25.0 Å². The van der Waals surface area contributed by atoms with Crippen LogP contribution < -0.4 is 21.1 Å². The van der Waals surface area contributed by atoms with Crippen molar-refractivity contribution in [2.75, 3.05) is 23.0 Å². The minimum absolute atomic E-state index is 0.194. The summed E-state index contributed by atoms with van der Waals surface area (Å²) in [5.41, 5.74) is 10.1. The number of aromatic nitrogens is 3. The summed E-state index contributed by atoms with van der Waals surface area (Å²) in [5, 5.41) is 6.23. The van der Waals surface area contributed by atoms with Gasteiger partial charge in [-0.05, 0) is 48.7 Å². The zero-order chi connectivity index (χ0) is 24.6. The lowest BCUT2D eigenvalue weighted by molar-refractivity contribution is 0.104. The van der Waals surface area contributed by atoms with Gasteiger partial charge in [-0.3, -0.25) is 4.79 Å². The molecule has 2 aromatic heterocycles. The Morgan fingerprint density at radius 3 is 2.67 bits per heavy atom. The monoisotopic (exact) mass is 482 g/mol. The van der Waals surface area contributed by atoms with Gasteiger partial charge in [-0.15, -0.1) is 0 Å². The van der Waals surface area contributed by atoms with Crippen LogP contribution in [0, 0.1) is 0 Å². The number of carbonyl (C=O) groups is 2. The van der Waals surface area contributed by atoms with E-state index in [0.29, 0.717) is 46.2 Å². The maximum absolute atomic E-state index is 13.6. The Morgan fingerprint density at radius 1 is 1.03 bits per heavy atom. The van der Waals surface area contributed by atoms with Gasteiger partial charge in [0.1, 0.15) is 23.5 Å². The number of anilines is 3. The summed E-state index contributed by atoms with van der Waals surface area (Å²) in [7, 11) is 0. The summed E-state index contributed by atoms with van der Waals surface area (Å²) >= 11 is 0. The van der Waals surface area contributed by atoms with Crippen LogP contribution in [0.2, 0.25) is 0 Å². The molecule has 36 heavy (non-hydrogen) atoms. The van der Waals surface area contributed by atoms with Gasteiger partial charge in [0.05, 0.1) is 17.6 Å². The fourth-order valence-corrected chi connectivity index (χ4v) is 5.19. The van der Waals surface area contributed by atoms with Gasteiger partial charge in [0.2, 0.25) is 0 Å². The van der Waals surface area contributed by atoms with Crippen LogP contribution in [0.5, 0.6) is 5.75 Å². The second kappa shape index (κ2) is 8.99. The highest BCUT2D eigenvalue weighted by atomic mass is 16.5. The number of hydrogen-bond acceptors (Lipinski definition) is 6. The minimum atomic E-state index is -0.394. The molecule has 4 aromatic rings. The highest BCUT2D eigenvalue weighted by Crippen LogP contribution is 2.35. The number of ether oxygens (including phenoxy) is 1. The summed E-state index contributed by atoms with van der Waals surface area (Å²) in [5.74, 6) is 0.946. The normalized spacial score (nSPS) is 15.0. The average Bonchev–Trinajstić information content (AvgIpc) is 3.63. The Morgan fingerprint density at radius 2 is 1.83 bits per heavy atom. The highest BCUT2D eigenvalue weighted by molar-refractivity contribution is 6.18. The number of nitrogens with zero attached hydrogens (tertiary/aromatic N) is 3. The molecule has 0 bridgehead atoms. The Kier molecular flexibility index (Phi) is 5.52. The molecule has 1 fully saturated rings. The molecule has 6 rings (SSSR count). The summed E-state index contributed by atoms with van der Waals surface area (Å²) in [6.07, 6.45) is 8.53. The van der Waals surface area contributed by atoms with Crippen LogP contribution in [0.15, 0.2) is 55.0 Å². The molecule has 182 valence electrons. The molecule has 3 heterocycles. The first-order valence-electron chi connectivity index (χ1n) is 12.2. The van der Waals surface area contributed by atoms with E-state index in [1.165, 1.54) is 6.33 Å². The summed E-state index contributed by atoms with van der Waals surface area (Å²) in [6.45, 7) is 0.656. The molecule has 4 N–H and O–H groups in total. The Bertz CT molecular complexity index is 1490. The quantitative estimate of drug-likeness (QED) is 0.346. The first-order valence-corrected chi connectivity index (χ1v) is 12.2. The third-order valence-electron chi connectivity index (χ3n) is 6.93. The molecule has 0 atom stereocenters. The van der Waals surface area contributed by atoms with E-state index in [0.717, 1.165) is 43.4 Å². The van der Waals surface area contributed by atoms with Crippen molar-refractivity contribution in [3.8, 4) is 5.75 Å². The fourth-order valence-electron chi connectivity index (χ4n) is 5.19. The van der Waals surface area contributed by atoms with Crippen molar-refractivity contribution in [2.24, 2.45) is 0 Å². The smallest absolute Gasteiger partial charge is 0.323 e. The molecular formula is C27H26N6O3. The SMILES string of the molecule is Nc1ncnc2c1c(C(=O)c1cccc(NC(=O)Nc3ccc4c(c3)CCO4)c1)cn2C1CCCC1. The lowest BCUT2D eigenvalue weighted by Gasteiger charge is -2.12. The van der Waals surface area contributed by atoms with Crippen LogP contribution >= 0.6 is 0 Å². The molecule has 1 saturated carbocycles. The van der Waals surface area contributed by atoms with Crippen LogP contribution in [0.3, 0.4) is 0 Å². The lowest BCUT2D eigenvalue weighted by Crippen LogP contribution is -2.19. The topological polar surface area (TPSA) is 124 Å². The summed E-state index contributed by atoms with van der Waals surface area (Å²) in [4.78, 5) is 34.8. The van der Waals surface area contributed by atoms with Gasteiger partial charge in [0, 0.05) is 35.6 Å². The van der Waals surface area contributed by atoms with Crippen molar-refractivity contribution in [3.05, 3.63) is 71.7 Å². The number of nitrogens with one attached hydrogen (secondary N) is 2. The van der Waals surface area contributed by atoms with E-state index in [4.69, 9.17) is 10.5 Å². The van der Waals surface area contributed by atoms with Crippen molar-refractivity contribution in [2.45, 2.75) is 38.1 Å². The third kappa shape index (κ3) is 4.02. The van der Waals surface area contributed by atoms with Crippen molar-refractivity contribution in [3.63, 3.8) is 0 Å². The average molecular weight is 483 g/mol. The Hall–Kier alpha value is -4.40. The molecule has 0 saturated heterocycles. The second-order valence-electron chi connectivity index (χ2n) is 9.26. The molecule has 0 radical (unpaired) electrons.